The van der Waals surface area contributed by atoms with Gasteiger partial charge in [0.15, 0.2) is 5.76 Å². The van der Waals surface area contributed by atoms with Crippen LogP contribution in [-0.4, -0.2) is 5.91 Å². The molecular formula is C16H20N2O3. The van der Waals surface area contributed by atoms with Crippen LogP contribution in [0.5, 0.6) is 0 Å². The minimum atomic E-state index is -0.340. The van der Waals surface area contributed by atoms with Crippen molar-refractivity contribution in [3.63, 3.8) is 0 Å². The number of hydrazine groups is 1. The highest BCUT2D eigenvalue weighted by molar-refractivity contribution is 5.91. The van der Waals surface area contributed by atoms with Crippen molar-refractivity contribution in [1.82, 2.24) is 10.9 Å². The van der Waals surface area contributed by atoms with Gasteiger partial charge in [-0.25, -0.2) is 0 Å². The van der Waals surface area contributed by atoms with Crippen molar-refractivity contribution in [1.29, 1.82) is 0 Å². The van der Waals surface area contributed by atoms with E-state index in [0.717, 1.165) is 11.5 Å². The van der Waals surface area contributed by atoms with E-state index >= 15 is 0 Å². The number of nitrogens with one attached hydrogen (secondary N) is 2. The maximum atomic E-state index is 11.7. The van der Waals surface area contributed by atoms with Crippen molar-refractivity contribution < 1.29 is 13.6 Å². The molecule has 0 saturated heterocycles. The molecule has 0 aromatic carbocycles. The molecule has 0 atom stereocenters. The summed E-state index contributed by atoms with van der Waals surface area (Å²) in [6, 6.07) is 7.15. The summed E-state index contributed by atoms with van der Waals surface area (Å²) >= 11 is 0. The topological polar surface area (TPSA) is 67.4 Å². The minimum absolute atomic E-state index is 0.215. The zero-order chi connectivity index (χ0) is 15.5. The molecule has 0 aliphatic carbocycles. The van der Waals surface area contributed by atoms with E-state index in [1.807, 2.05) is 19.1 Å². The Kier molecular flexibility index (Phi) is 4.21. The molecule has 5 nitrogen and oxygen atoms in total. The van der Waals surface area contributed by atoms with Crippen molar-refractivity contribution in [2.45, 2.75) is 32.6 Å². The van der Waals surface area contributed by atoms with Gasteiger partial charge in [-0.1, -0.05) is 20.4 Å². The molecule has 0 fully saturated rings. The van der Waals surface area contributed by atoms with Gasteiger partial charge in [0.25, 0.3) is 0 Å². The molecule has 2 rings (SSSR count). The van der Waals surface area contributed by atoms with E-state index in [2.05, 4.69) is 31.3 Å². The number of hydrogen-bond donors (Lipinski definition) is 2. The molecule has 5 heteroatoms. The number of furan rings is 2. The quantitative estimate of drug-likeness (QED) is 0.800. The van der Waals surface area contributed by atoms with Gasteiger partial charge in [-0.15, -0.1) is 0 Å². The second-order valence-corrected chi connectivity index (χ2v) is 5.63. The third-order valence-electron chi connectivity index (χ3n) is 3.16. The first kappa shape index (κ1) is 15.0. The highest BCUT2D eigenvalue weighted by atomic mass is 16.3. The SMILES string of the molecule is C=C(CC(C)(C)c1ccc(C)o1)NNC(=O)c1ccco1. The Labute approximate surface area is 124 Å². The normalized spacial score (nSPS) is 11.2. The molecule has 2 heterocycles. The predicted octanol–water partition coefficient (Wildman–Crippen LogP) is 3.30. The van der Waals surface area contributed by atoms with Crippen LogP contribution in [0.2, 0.25) is 0 Å². The third kappa shape index (κ3) is 3.78. The molecule has 112 valence electrons. The van der Waals surface area contributed by atoms with Crippen LogP contribution in [0.25, 0.3) is 0 Å². The molecule has 2 aromatic heterocycles. The van der Waals surface area contributed by atoms with Crippen LogP contribution in [-0.2, 0) is 5.41 Å². The zero-order valence-corrected chi connectivity index (χ0v) is 12.5. The van der Waals surface area contributed by atoms with Gasteiger partial charge < -0.3 is 14.3 Å². The van der Waals surface area contributed by atoms with Crippen LogP contribution in [0, 0.1) is 6.92 Å². The Morgan fingerprint density at radius 2 is 2.05 bits per heavy atom. The van der Waals surface area contributed by atoms with E-state index in [-0.39, 0.29) is 17.1 Å². The number of allylic oxidation sites excluding steroid dienone is 1. The summed E-state index contributed by atoms with van der Waals surface area (Å²) < 4.78 is 10.7. The Balaban J connectivity index is 1.88. The zero-order valence-electron chi connectivity index (χ0n) is 12.5. The summed E-state index contributed by atoms with van der Waals surface area (Å²) in [4.78, 5) is 11.7. The Morgan fingerprint density at radius 3 is 2.62 bits per heavy atom. The van der Waals surface area contributed by atoms with Crippen molar-refractivity contribution in [2.75, 3.05) is 0 Å². The lowest BCUT2D eigenvalue weighted by Gasteiger charge is -2.24. The summed E-state index contributed by atoms with van der Waals surface area (Å²) in [5, 5.41) is 0. The predicted molar refractivity (Wildman–Crippen MR) is 79.5 cm³/mol. The summed E-state index contributed by atoms with van der Waals surface area (Å²) in [7, 11) is 0. The van der Waals surface area contributed by atoms with E-state index in [1.54, 1.807) is 12.1 Å². The first-order chi connectivity index (χ1) is 9.88. The average Bonchev–Trinajstić information content (AvgIpc) is 3.06. The average molecular weight is 288 g/mol. The first-order valence-corrected chi connectivity index (χ1v) is 6.73. The Hall–Kier alpha value is -2.43. The number of hydrogen-bond acceptors (Lipinski definition) is 4. The molecule has 1 amide bonds. The van der Waals surface area contributed by atoms with Gasteiger partial charge >= 0.3 is 5.91 Å². The highest BCUT2D eigenvalue weighted by Crippen LogP contribution is 2.30. The lowest BCUT2D eigenvalue weighted by atomic mass is 9.85. The van der Waals surface area contributed by atoms with E-state index < -0.39 is 0 Å². The fraction of sp³-hybridized carbons (Fsp3) is 0.312. The summed E-state index contributed by atoms with van der Waals surface area (Å²) in [5.41, 5.74) is 5.83. The molecular weight excluding hydrogens is 268 g/mol. The van der Waals surface area contributed by atoms with Crippen LogP contribution >= 0.6 is 0 Å². The van der Waals surface area contributed by atoms with Crippen molar-refractivity contribution in [2.24, 2.45) is 0 Å². The highest BCUT2D eigenvalue weighted by Gasteiger charge is 2.25. The minimum Gasteiger partial charge on any atom is -0.466 e. The van der Waals surface area contributed by atoms with Crippen LogP contribution in [0.4, 0.5) is 0 Å². The third-order valence-corrected chi connectivity index (χ3v) is 3.16. The summed E-state index contributed by atoms with van der Waals surface area (Å²) in [5.74, 6) is 1.67. The summed E-state index contributed by atoms with van der Waals surface area (Å²) in [6.07, 6.45) is 2.07. The van der Waals surface area contributed by atoms with Gasteiger partial charge in [-0.05, 0) is 31.2 Å². The monoisotopic (exact) mass is 288 g/mol. The maximum Gasteiger partial charge on any atom is 0.305 e. The van der Waals surface area contributed by atoms with Gasteiger partial charge in [0.1, 0.15) is 11.5 Å². The van der Waals surface area contributed by atoms with E-state index in [9.17, 15) is 4.79 Å². The molecule has 0 saturated carbocycles. The van der Waals surface area contributed by atoms with Gasteiger partial charge in [0.05, 0.1) is 6.26 Å². The fourth-order valence-corrected chi connectivity index (χ4v) is 2.08. The molecule has 0 aliphatic heterocycles. The fourth-order valence-electron chi connectivity index (χ4n) is 2.08. The summed E-state index contributed by atoms with van der Waals surface area (Å²) in [6.45, 7) is 9.96. The van der Waals surface area contributed by atoms with Crippen LogP contribution < -0.4 is 10.9 Å². The van der Waals surface area contributed by atoms with Crippen LogP contribution in [0.15, 0.2) is 51.6 Å². The van der Waals surface area contributed by atoms with Crippen molar-refractivity contribution in [3.8, 4) is 0 Å². The van der Waals surface area contributed by atoms with Gasteiger partial charge in [-0.2, -0.15) is 0 Å². The largest absolute Gasteiger partial charge is 0.466 e. The maximum absolute atomic E-state index is 11.7. The van der Waals surface area contributed by atoms with E-state index in [1.165, 1.54) is 6.26 Å². The molecule has 2 N–H and O–H groups in total. The second-order valence-electron chi connectivity index (χ2n) is 5.63. The molecule has 0 unspecified atom stereocenters. The molecule has 0 bridgehead atoms. The van der Waals surface area contributed by atoms with E-state index in [4.69, 9.17) is 8.83 Å². The van der Waals surface area contributed by atoms with Crippen molar-refractivity contribution in [3.05, 3.63) is 60.1 Å². The second kappa shape index (κ2) is 5.91. The molecule has 21 heavy (non-hydrogen) atoms. The molecule has 0 spiro atoms. The van der Waals surface area contributed by atoms with Gasteiger partial charge in [-0.3, -0.25) is 10.2 Å². The number of amides is 1. The Bertz CT molecular complexity index is 624. The van der Waals surface area contributed by atoms with E-state index in [0.29, 0.717) is 12.1 Å². The Morgan fingerprint density at radius 1 is 1.29 bits per heavy atom. The number of rotatable bonds is 6. The molecule has 0 aliphatic rings. The molecule has 0 radical (unpaired) electrons. The van der Waals surface area contributed by atoms with Gasteiger partial charge in [0, 0.05) is 17.5 Å². The first-order valence-electron chi connectivity index (χ1n) is 6.73. The van der Waals surface area contributed by atoms with Crippen LogP contribution in [0.1, 0.15) is 42.3 Å². The van der Waals surface area contributed by atoms with Crippen molar-refractivity contribution >= 4 is 5.91 Å². The number of carbonyl (C=O) groups excluding carboxylic acids is 1. The van der Waals surface area contributed by atoms with Crippen LogP contribution in [0.3, 0.4) is 0 Å². The van der Waals surface area contributed by atoms with Gasteiger partial charge in [0.2, 0.25) is 0 Å². The standard InChI is InChI=1S/C16H20N2O3/c1-11(17-18-15(19)13-6-5-9-20-13)10-16(3,4)14-8-7-12(2)21-14/h5-9,17H,1,10H2,2-4H3,(H,18,19). The molecule has 2 aromatic rings. The lowest BCUT2D eigenvalue weighted by Crippen LogP contribution is -2.37. The smallest absolute Gasteiger partial charge is 0.305 e. The number of carbonyl (C=O) groups is 1. The lowest BCUT2D eigenvalue weighted by molar-refractivity contribution is 0.0909. The number of aryl methyl sites for hydroxylation is 1.